The third kappa shape index (κ3) is 5.59. The van der Waals surface area contributed by atoms with Crippen molar-refractivity contribution in [2.24, 2.45) is 0 Å². The quantitative estimate of drug-likeness (QED) is 0.374. The lowest BCUT2D eigenvalue weighted by atomic mass is 10.1. The number of hydrogen-bond donors (Lipinski definition) is 3. The molecule has 0 saturated heterocycles. The summed E-state index contributed by atoms with van der Waals surface area (Å²) in [5.74, 6) is -1.76. The third-order valence-electron chi connectivity index (χ3n) is 4.37. The number of alkyl halides is 3. The molecule has 35 heavy (non-hydrogen) atoms. The number of carboxylic acids is 1. The largest absolute Gasteiger partial charge is 0.476 e. The van der Waals surface area contributed by atoms with Crippen LogP contribution in [0.15, 0.2) is 21.6 Å². The van der Waals surface area contributed by atoms with Gasteiger partial charge in [0.05, 0.1) is 14.9 Å². The van der Waals surface area contributed by atoms with Crippen molar-refractivity contribution in [2.75, 3.05) is 0 Å². The Balaban J connectivity index is 2.08. The number of nitrogens with zero attached hydrogens (tertiary/aromatic N) is 3. The van der Waals surface area contributed by atoms with Crippen molar-refractivity contribution in [3.8, 4) is 21.3 Å². The average molecular weight is 575 g/mol. The number of rotatable bonds is 7. The zero-order chi connectivity index (χ0) is 26.5. The van der Waals surface area contributed by atoms with E-state index in [9.17, 15) is 36.6 Å². The van der Waals surface area contributed by atoms with E-state index in [4.69, 9.17) is 27.7 Å². The number of halogens is 5. The number of sulfonamides is 1. The van der Waals surface area contributed by atoms with Gasteiger partial charge in [-0.15, -0.1) is 11.3 Å². The average Bonchev–Trinajstić information content (AvgIpc) is 3.35. The molecule has 0 bridgehead atoms. The maximum absolute atomic E-state index is 12.8. The van der Waals surface area contributed by atoms with E-state index in [1.807, 2.05) is 0 Å². The van der Waals surface area contributed by atoms with E-state index >= 15 is 0 Å². The van der Waals surface area contributed by atoms with Crippen LogP contribution in [0.2, 0.25) is 10.0 Å². The van der Waals surface area contributed by atoms with Crippen LogP contribution in [-0.2, 0) is 15.6 Å². The van der Waals surface area contributed by atoms with Gasteiger partial charge in [-0.1, -0.05) is 34.4 Å². The highest BCUT2D eigenvalue weighted by Gasteiger charge is 2.39. The van der Waals surface area contributed by atoms with Gasteiger partial charge in [0.15, 0.2) is 10.7 Å². The molecular weight excluding hydrogens is 560 g/mol. The third-order valence-corrected chi connectivity index (χ3v) is 8.04. The number of nitrogens with one attached hydrogen (secondary N) is 1. The Bertz CT molecular complexity index is 1400. The van der Waals surface area contributed by atoms with Gasteiger partial charge in [0.25, 0.3) is 5.89 Å². The molecule has 17 heteroatoms. The van der Waals surface area contributed by atoms with Crippen LogP contribution in [-0.4, -0.2) is 51.9 Å². The van der Waals surface area contributed by atoms with Gasteiger partial charge in [-0.2, -0.15) is 22.9 Å². The Hall–Kier alpha value is -2.30. The molecule has 0 fully saturated rings. The second-order valence-corrected chi connectivity index (χ2v) is 11.0. The van der Waals surface area contributed by atoms with Crippen LogP contribution in [0.5, 0.6) is 0 Å². The molecule has 0 unspecified atom stereocenters. The molecule has 3 aromatic rings. The van der Waals surface area contributed by atoms with E-state index < -0.39 is 54.4 Å². The Morgan fingerprint density at radius 2 is 1.83 bits per heavy atom. The second kappa shape index (κ2) is 9.29. The molecule has 3 rings (SSSR count). The highest BCUT2D eigenvalue weighted by molar-refractivity contribution is 7.89. The summed E-state index contributed by atoms with van der Waals surface area (Å²) in [6.45, 7) is 3.39. The van der Waals surface area contributed by atoms with Crippen molar-refractivity contribution in [1.29, 1.82) is 0 Å². The van der Waals surface area contributed by atoms with E-state index in [1.165, 1.54) is 18.6 Å². The van der Waals surface area contributed by atoms with E-state index in [-0.39, 0.29) is 27.2 Å². The Morgan fingerprint density at radius 1 is 1.20 bits per heavy atom. The first-order chi connectivity index (χ1) is 15.9. The fourth-order valence-corrected chi connectivity index (χ4v) is 5.75. The summed E-state index contributed by atoms with van der Waals surface area (Å²) in [6, 6.07) is -0.433. The van der Waals surface area contributed by atoms with Gasteiger partial charge in [-0.3, -0.25) is 0 Å². The molecule has 0 spiro atoms. The van der Waals surface area contributed by atoms with Gasteiger partial charge in [-0.05, 0) is 26.8 Å². The lowest BCUT2D eigenvalue weighted by Gasteiger charge is -2.18. The van der Waals surface area contributed by atoms with Crippen LogP contribution >= 0.6 is 34.5 Å². The minimum atomic E-state index is -4.85. The van der Waals surface area contributed by atoms with Crippen LogP contribution in [0, 0.1) is 0 Å². The minimum absolute atomic E-state index is 0.0267. The van der Waals surface area contributed by atoms with Crippen molar-refractivity contribution in [3.05, 3.63) is 33.8 Å². The number of hydrogen-bond acceptors (Lipinski definition) is 9. The molecule has 0 aliphatic heterocycles. The van der Waals surface area contributed by atoms with Crippen LogP contribution < -0.4 is 4.72 Å². The summed E-state index contributed by atoms with van der Waals surface area (Å²) in [5, 5.41) is 22.2. The fourth-order valence-electron chi connectivity index (χ4n) is 2.58. The van der Waals surface area contributed by atoms with E-state index in [0.717, 1.165) is 23.5 Å². The highest BCUT2D eigenvalue weighted by Crippen LogP contribution is 2.43. The fraction of sp³-hybridized carbons (Fsp3) is 0.333. The van der Waals surface area contributed by atoms with Crippen LogP contribution in [0.4, 0.5) is 13.2 Å². The first-order valence-corrected chi connectivity index (χ1v) is 12.4. The maximum atomic E-state index is 12.8. The number of thiazole rings is 1. The first kappa shape index (κ1) is 27.3. The molecule has 1 aromatic carbocycles. The predicted octanol–water partition coefficient (Wildman–Crippen LogP) is 4.32. The molecule has 0 saturated carbocycles. The van der Waals surface area contributed by atoms with Crippen molar-refractivity contribution >= 4 is 50.5 Å². The van der Waals surface area contributed by atoms with Gasteiger partial charge in [0.2, 0.25) is 15.8 Å². The summed E-state index contributed by atoms with van der Waals surface area (Å²) in [6.07, 6.45) is -4.85. The van der Waals surface area contributed by atoms with Gasteiger partial charge in [0.1, 0.15) is 16.5 Å². The topological polar surface area (TPSA) is 156 Å². The molecule has 0 amide bonds. The normalized spacial score (nSPS) is 13.7. The van der Waals surface area contributed by atoms with Crippen molar-refractivity contribution < 1.29 is 41.1 Å². The standard InChI is InChI=1S/C18H15Cl2F3N4O6S2/c1-6(18(21,22)23)27-35(31,32)8-5-4-7(9(19)10(8)20)12-11(15(28)29)24-14(34-12)13-25-16(33-26-13)17(2,3)30/h4-6,27,30H,1-3H3,(H,28,29)/t6-/m0/s1. The van der Waals surface area contributed by atoms with Crippen LogP contribution in [0.25, 0.3) is 21.3 Å². The molecule has 0 radical (unpaired) electrons. The van der Waals surface area contributed by atoms with Gasteiger partial charge >= 0.3 is 12.1 Å². The van der Waals surface area contributed by atoms with Crippen molar-refractivity contribution in [3.63, 3.8) is 0 Å². The molecule has 0 aliphatic rings. The molecule has 2 heterocycles. The minimum Gasteiger partial charge on any atom is -0.476 e. The maximum Gasteiger partial charge on any atom is 0.404 e. The first-order valence-electron chi connectivity index (χ1n) is 9.32. The Labute approximate surface area is 209 Å². The molecule has 0 aliphatic carbocycles. The van der Waals surface area contributed by atoms with Gasteiger partial charge < -0.3 is 14.7 Å². The smallest absolute Gasteiger partial charge is 0.404 e. The number of aromatic nitrogens is 3. The summed E-state index contributed by atoms with van der Waals surface area (Å²) in [4.78, 5) is 18.9. The summed E-state index contributed by atoms with van der Waals surface area (Å²) in [7, 11) is -4.74. The van der Waals surface area contributed by atoms with Crippen molar-refractivity contribution in [1.82, 2.24) is 19.8 Å². The lowest BCUT2D eigenvalue weighted by molar-refractivity contribution is -0.147. The predicted molar refractivity (Wildman–Crippen MR) is 119 cm³/mol. The van der Waals surface area contributed by atoms with E-state index in [1.54, 1.807) is 0 Å². The molecule has 10 nitrogen and oxygen atoms in total. The Morgan fingerprint density at radius 3 is 2.34 bits per heavy atom. The molecule has 190 valence electrons. The molecule has 3 N–H and O–H groups in total. The number of carbonyl (C=O) groups is 1. The number of carboxylic acid groups (broad SMARTS) is 1. The SMILES string of the molecule is C[C@H](NS(=O)(=O)c1ccc(-c2sc(-c3noc(C(C)(C)O)n3)nc2C(=O)O)c(Cl)c1Cl)C(F)(F)F. The van der Waals surface area contributed by atoms with Gasteiger partial charge in [-0.25, -0.2) is 18.2 Å². The molecule has 1 atom stereocenters. The summed E-state index contributed by atoms with van der Waals surface area (Å²) < 4.78 is 69.8. The highest BCUT2D eigenvalue weighted by atomic mass is 35.5. The van der Waals surface area contributed by atoms with Crippen LogP contribution in [0.1, 0.15) is 37.2 Å². The lowest BCUT2D eigenvalue weighted by Crippen LogP contribution is -2.43. The number of aromatic carboxylic acids is 1. The summed E-state index contributed by atoms with van der Waals surface area (Å²) >= 11 is 13.0. The Kier molecular flexibility index (Phi) is 7.25. The molecule has 2 aromatic heterocycles. The number of aliphatic hydroxyl groups is 1. The second-order valence-electron chi connectivity index (χ2n) is 7.61. The molecular formula is C18H15Cl2F3N4O6S2. The monoisotopic (exact) mass is 574 g/mol. The van der Waals surface area contributed by atoms with Crippen LogP contribution in [0.3, 0.4) is 0 Å². The van der Waals surface area contributed by atoms with E-state index in [0.29, 0.717) is 6.92 Å². The zero-order valence-electron chi connectivity index (χ0n) is 17.8. The zero-order valence-corrected chi connectivity index (χ0v) is 21.0. The van der Waals surface area contributed by atoms with Crippen molar-refractivity contribution in [2.45, 2.75) is 43.5 Å². The summed E-state index contributed by atoms with van der Waals surface area (Å²) in [5.41, 5.74) is -2.03. The van der Waals surface area contributed by atoms with Gasteiger partial charge in [0, 0.05) is 5.56 Å². The van der Waals surface area contributed by atoms with E-state index in [2.05, 4.69) is 15.1 Å². The number of benzene rings is 1.